The Kier molecular flexibility index (Phi) is 5.66. The first-order chi connectivity index (χ1) is 9.62. The van der Waals surface area contributed by atoms with Gasteiger partial charge in [-0.15, -0.1) is 0 Å². The van der Waals surface area contributed by atoms with Crippen LogP contribution in [0, 0.1) is 5.82 Å². The van der Waals surface area contributed by atoms with Crippen LogP contribution in [0.15, 0.2) is 30.3 Å². The van der Waals surface area contributed by atoms with Gasteiger partial charge in [-0.2, -0.15) is 0 Å². The molecular formula is C15H20FNO3S. The van der Waals surface area contributed by atoms with Crippen molar-refractivity contribution in [2.24, 2.45) is 0 Å². The van der Waals surface area contributed by atoms with E-state index in [-0.39, 0.29) is 24.0 Å². The van der Waals surface area contributed by atoms with Gasteiger partial charge >= 0.3 is 0 Å². The predicted molar refractivity (Wildman–Crippen MR) is 82.0 cm³/mol. The molecule has 0 atom stereocenters. The van der Waals surface area contributed by atoms with Crippen LogP contribution >= 0.6 is 0 Å². The minimum atomic E-state index is -3.25. The van der Waals surface area contributed by atoms with Crippen molar-refractivity contribution in [1.82, 2.24) is 5.32 Å². The number of nitrogens with one attached hydrogen (secondary N) is 1. The van der Waals surface area contributed by atoms with Crippen LogP contribution in [0.5, 0.6) is 0 Å². The van der Waals surface area contributed by atoms with Crippen LogP contribution < -0.4 is 5.32 Å². The summed E-state index contributed by atoms with van der Waals surface area (Å²) in [6.07, 6.45) is 2.82. The van der Waals surface area contributed by atoms with E-state index < -0.39 is 14.6 Å². The Morgan fingerprint density at radius 2 is 1.81 bits per heavy atom. The van der Waals surface area contributed by atoms with Gasteiger partial charge in [0.1, 0.15) is 5.82 Å². The number of benzene rings is 1. The van der Waals surface area contributed by atoms with Crippen molar-refractivity contribution in [3.8, 4) is 0 Å². The number of rotatable bonds is 5. The van der Waals surface area contributed by atoms with Crippen molar-refractivity contribution in [2.75, 3.05) is 12.3 Å². The summed E-state index contributed by atoms with van der Waals surface area (Å²) in [6, 6.07) is 5.69. The Balaban J connectivity index is 2.47. The summed E-state index contributed by atoms with van der Waals surface area (Å²) in [5, 5.41) is 2.51. The molecule has 0 bridgehead atoms. The van der Waals surface area contributed by atoms with Crippen molar-refractivity contribution in [3.63, 3.8) is 0 Å². The van der Waals surface area contributed by atoms with E-state index in [4.69, 9.17) is 0 Å². The van der Waals surface area contributed by atoms with Gasteiger partial charge in [-0.25, -0.2) is 12.8 Å². The van der Waals surface area contributed by atoms with Crippen LogP contribution in [0.3, 0.4) is 0 Å². The highest BCUT2D eigenvalue weighted by Gasteiger charge is 2.28. The van der Waals surface area contributed by atoms with Gasteiger partial charge in [-0.3, -0.25) is 4.79 Å². The van der Waals surface area contributed by atoms with E-state index in [9.17, 15) is 17.6 Å². The number of amides is 1. The van der Waals surface area contributed by atoms with Gasteiger partial charge in [-0.1, -0.05) is 12.1 Å². The molecule has 0 fully saturated rings. The molecule has 0 aliphatic heterocycles. The minimum absolute atomic E-state index is 0.0617. The first-order valence-electron chi connectivity index (χ1n) is 6.55. The Bertz CT molecular complexity index is 613. The van der Waals surface area contributed by atoms with Crippen LogP contribution in [-0.4, -0.2) is 31.4 Å². The molecule has 1 aromatic rings. The van der Waals surface area contributed by atoms with Gasteiger partial charge in [0.2, 0.25) is 5.91 Å². The van der Waals surface area contributed by atoms with Gasteiger partial charge in [-0.05, 0) is 44.5 Å². The van der Waals surface area contributed by atoms with Crippen molar-refractivity contribution in [2.45, 2.75) is 25.5 Å². The second-order valence-electron chi connectivity index (χ2n) is 5.61. The summed E-state index contributed by atoms with van der Waals surface area (Å²) < 4.78 is 35.5. The molecule has 4 nitrogen and oxygen atoms in total. The summed E-state index contributed by atoms with van der Waals surface area (Å²) in [6.45, 7) is 4.93. The van der Waals surface area contributed by atoms with Crippen LogP contribution in [0.2, 0.25) is 0 Å². The van der Waals surface area contributed by atoms with E-state index in [2.05, 4.69) is 5.32 Å². The Morgan fingerprint density at radius 3 is 2.33 bits per heavy atom. The monoisotopic (exact) mass is 313 g/mol. The van der Waals surface area contributed by atoms with E-state index in [0.29, 0.717) is 5.56 Å². The predicted octanol–water partition coefficient (Wildman–Crippen LogP) is 2.17. The van der Waals surface area contributed by atoms with E-state index in [1.165, 1.54) is 24.3 Å². The highest BCUT2D eigenvalue weighted by molar-refractivity contribution is 7.92. The molecule has 1 amide bonds. The number of carbonyl (C=O) groups excluding carboxylic acids is 1. The minimum Gasteiger partial charge on any atom is -0.352 e. The molecular weight excluding hydrogens is 293 g/mol. The fourth-order valence-electron chi connectivity index (χ4n) is 1.42. The molecule has 0 aliphatic rings. The molecule has 0 saturated heterocycles. The van der Waals surface area contributed by atoms with E-state index in [1.807, 2.05) is 0 Å². The molecule has 6 heteroatoms. The van der Waals surface area contributed by atoms with Gasteiger partial charge in [0.05, 0.1) is 10.5 Å². The third-order valence-electron chi connectivity index (χ3n) is 2.90. The third kappa shape index (κ3) is 5.67. The molecule has 0 radical (unpaired) electrons. The second kappa shape index (κ2) is 6.85. The van der Waals surface area contributed by atoms with Crippen LogP contribution in [-0.2, 0) is 14.6 Å². The van der Waals surface area contributed by atoms with Crippen LogP contribution in [0.4, 0.5) is 4.39 Å². The summed E-state index contributed by atoms with van der Waals surface area (Å²) in [4.78, 5) is 11.6. The molecule has 0 saturated carbocycles. The standard InChI is InChI=1S/C15H20FNO3S/c1-15(2,3)21(19,20)11-10-17-14(18)9-6-12-4-7-13(16)8-5-12/h4-9H,10-11H2,1-3H3,(H,17,18). The lowest BCUT2D eigenvalue weighted by Gasteiger charge is -2.18. The van der Waals surface area contributed by atoms with Crippen molar-refractivity contribution in [3.05, 3.63) is 41.7 Å². The van der Waals surface area contributed by atoms with Gasteiger partial charge in [0.15, 0.2) is 9.84 Å². The normalized spacial score (nSPS) is 12.6. The molecule has 0 unspecified atom stereocenters. The average molecular weight is 313 g/mol. The summed E-state index contributed by atoms with van der Waals surface area (Å²) in [5.41, 5.74) is 0.689. The third-order valence-corrected chi connectivity index (χ3v) is 5.51. The van der Waals surface area contributed by atoms with Crippen LogP contribution in [0.1, 0.15) is 26.3 Å². The Hall–Kier alpha value is -1.69. The molecule has 0 aliphatic carbocycles. The van der Waals surface area contributed by atoms with E-state index in [0.717, 1.165) is 0 Å². The maximum atomic E-state index is 12.7. The van der Waals surface area contributed by atoms with Gasteiger partial charge < -0.3 is 5.32 Å². The SMILES string of the molecule is CC(C)(C)S(=O)(=O)CCNC(=O)C=Cc1ccc(F)cc1. The zero-order valence-electron chi connectivity index (χ0n) is 12.4. The summed E-state index contributed by atoms with van der Waals surface area (Å²) in [5.74, 6) is -0.834. The fourth-order valence-corrected chi connectivity index (χ4v) is 2.40. The number of hydrogen-bond donors (Lipinski definition) is 1. The number of halogens is 1. The molecule has 1 N–H and O–H groups in total. The zero-order chi connectivity index (χ0) is 16.1. The molecule has 0 spiro atoms. The largest absolute Gasteiger partial charge is 0.352 e. The smallest absolute Gasteiger partial charge is 0.244 e. The molecule has 116 valence electrons. The maximum Gasteiger partial charge on any atom is 0.244 e. The first-order valence-corrected chi connectivity index (χ1v) is 8.21. The molecule has 0 heterocycles. The van der Waals surface area contributed by atoms with Crippen molar-refractivity contribution < 1.29 is 17.6 Å². The first kappa shape index (κ1) is 17.4. The highest BCUT2D eigenvalue weighted by Crippen LogP contribution is 2.15. The topological polar surface area (TPSA) is 63.2 Å². The number of sulfone groups is 1. The molecule has 21 heavy (non-hydrogen) atoms. The fraction of sp³-hybridized carbons (Fsp3) is 0.400. The Morgan fingerprint density at radius 1 is 1.24 bits per heavy atom. The Labute approximate surface area is 125 Å². The van der Waals surface area contributed by atoms with Crippen LogP contribution in [0.25, 0.3) is 6.08 Å². The molecule has 0 aromatic heterocycles. The van der Waals surface area contributed by atoms with Crippen molar-refractivity contribution >= 4 is 21.8 Å². The lowest BCUT2D eigenvalue weighted by Crippen LogP contribution is -2.36. The van der Waals surface area contributed by atoms with E-state index in [1.54, 1.807) is 32.9 Å². The number of hydrogen-bond acceptors (Lipinski definition) is 3. The molecule has 1 aromatic carbocycles. The number of carbonyl (C=O) groups is 1. The summed E-state index contributed by atoms with van der Waals surface area (Å²) in [7, 11) is -3.25. The van der Waals surface area contributed by atoms with Crippen molar-refractivity contribution in [1.29, 1.82) is 0 Å². The highest BCUT2D eigenvalue weighted by atomic mass is 32.2. The molecule has 1 rings (SSSR count). The maximum absolute atomic E-state index is 12.7. The summed E-state index contributed by atoms with van der Waals surface area (Å²) >= 11 is 0. The zero-order valence-corrected chi connectivity index (χ0v) is 13.2. The second-order valence-corrected chi connectivity index (χ2v) is 8.47. The average Bonchev–Trinajstić information content (AvgIpc) is 2.36. The lowest BCUT2D eigenvalue weighted by molar-refractivity contribution is -0.116. The van der Waals surface area contributed by atoms with Gasteiger partial charge in [0.25, 0.3) is 0 Å². The lowest BCUT2D eigenvalue weighted by atomic mass is 10.2. The van der Waals surface area contributed by atoms with E-state index >= 15 is 0 Å². The quantitative estimate of drug-likeness (QED) is 0.847. The van der Waals surface area contributed by atoms with Gasteiger partial charge in [0, 0.05) is 12.6 Å².